The van der Waals surface area contributed by atoms with Crippen molar-refractivity contribution in [2.75, 3.05) is 19.3 Å². The van der Waals surface area contributed by atoms with Gasteiger partial charge in [-0.1, -0.05) is 12.1 Å². The molecule has 1 unspecified atom stereocenters. The molecular weight excluding hydrogens is 202 g/mol. The van der Waals surface area contributed by atoms with Crippen LogP contribution in [0.4, 0.5) is 10.5 Å². The summed E-state index contributed by atoms with van der Waals surface area (Å²) in [6, 6.07) is 7.43. The standard InChI is InChI=1S/C12H19N3O/c1-4-15(3)12(16)14-9(2)10-6-5-7-11(13)8-10/h5-9H,4,13H2,1-3H3,(H,14,16). The lowest BCUT2D eigenvalue weighted by Gasteiger charge is -2.20. The van der Waals surface area contributed by atoms with Crippen molar-refractivity contribution >= 4 is 11.7 Å². The molecule has 0 aliphatic carbocycles. The molecular formula is C12H19N3O. The smallest absolute Gasteiger partial charge is 0.317 e. The van der Waals surface area contributed by atoms with E-state index < -0.39 is 0 Å². The van der Waals surface area contributed by atoms with Crippen molar-refractivity contribution in [3.63, 3.8) is 0 Å². The molecule has 0 bridgehead atoms. The highest BCUT2D eigenvalue weighted by atomic mass is 16.2. The van der Waals surface area contributed by atoms with Crippen molar-refractivity contribution in [3.05, 3.63) is 29.8 Å². The van der Waals surface area contributed by atoms with Gasteiger partial charge >= 0.3 is 6.03 Å². The molecule has 0 heterocycles. The van der Waals surface area contributed by atoms with E-state index in [9.17, 15) is 4.79 Å². The Bertz CT molecular complexity index is 365. The number of rotatable bonds is 3. The Kier molecular flexibility index (Phi) is 4.17. The summed E-state index contributed by atoms with van der Waals surface area (Å²) in [7, 11) is 1.77. The normalized spacial score (nSPS) is 11.9. The van der Waals surface area contributed by atoms with Gasteiger partial charge in [-0.3, -0.25) is 0 Å². The van der Waals surface area contributed by atoms with Gasteiger partial charge in [0.2, 0.25) is 0 Å². The number of nitrogen functional groups attached to an aromatic ring is 1. The monoisotopic (exact) mass is 221 g/mol. The highest BCUT2D eigenvalue weighted by Crippen LogP contribution is 2.15. The van der Waals surface area contributed by atoms with Crippen molar-refractivity contribution in [3.8, 4) is 0 Å². The van der Waals surface area contributed by atoms with Gasteiger partial charge in [0.25, 0.3) is 0 Å². The third-order valence-electron chi connectivity index (χ3n) is 2.57. The first-order valence-electron chi connectivity index (χ1n) is 5.41. The number of hydrogen-bond acceptors (Lipinski definition) is 2. The second-order valence-corrected chi connectivity index (χ2v) is 3.86. The van der Waals surface area contributed by atoms with E-state index >= 15 is 0 Å². The number of anilines is 1. The Morgan fingerprint density at radius 2 is 2.25 bits per heavy atom. The zero-order valence-corrected chi connectivity index (χ0v) is 10.0. The van der Waals surface area contributed by atoms with Crippen LogP contribution in [0.3, 0.4) is 0 Å². The van der Waals surface area contributed by atoms with Gasteiger partial charge in [0.15, 0.2) is 0 Å². The maximum absolute atomic E-state index is 11.6. The van der Waals surface area contributed by atoms with Crippen LogP contribution in [0.1, 0.15) is 25.5 Å². The average Bonchev–Trinajstić information content (AvgIpc) is 2.27. The SMILES string of the molecule is CCN(C)C(=O)NC(C)c1cccc(N)c1. The molecule has 1 atom stereocenters. The molecule has 1 rings (SSSR count). The van der Waals surface area contributed by atoms with Crippen LogP contribution >= 0.6 is 0 Å². The van der Waals surface area contributed by atoms with E-state index in [1.807, 2.05) is 38.1 Å². The minimum Gasteiger partial charge on any atom is -0.399 e. The second kappa shape index (κ2) is 5.39. The van der Waals surface area contributed by atoms with Gasteiger partial charge in [0.1, 0.15) is 0 Å². The Hall–Kier alpha value is -1.71. The van der Waals surface area contributed by atoms with Crippen LogP contribution < -0.4 is 11.1 Å². The summed E-state index contributed by atoms with van der Waals surface area (Å²) < 4.78 is 0. The maximum atomic E-state index is 11.6. The van der Waals surface area contributed by atoms with Crippen molar-refractivity contribution in [1.82, 2.24) is 10.2 Å². The van der Waals surface area contributed by atoms with E-state index in [1.165, 1.54) is 0 Å². The lowest BCUT2D eigenvalue weighted by Crippen LogP contribution is -2.38. The van der Waals surface area contributed by atoms with Gasteiger partial charge in [-0.25, -0.2) is 4.79 Å². The molecule has 88 valence electrons. The number of nitrogens with zero attached hydrogens (tertiary/aromatic N) is 1. The molecule has 3 N–H and O–H groups in total. The maximum Gasteiger partial charge on any atom is 0.317 e. The summed E-state index contributed by atoms with van der Waals surface area (Å²) in [6.45, 7) is 4.57. The first-order chi connectivity index (χ1) is 7.54. The van der Waals surface area contributed by atoms with Crippen LogP contribution in [-0.4, -0.2) is 24.5 Å². The summed E-state index contributed by atoms with van der Waals surface area (Å²) in [4.78, 5) is 13.3. The molecule has 0 aliphatic rings. The van der Waals surface area contributed by atoms with Crippen LogP contribution in [0.5, 0.6) is 0 Å². The van der Waals surface area contributed by atoms with Gasteiger partial charge in [-0.15, -0.1) is 0 Å². The molecule has 0 spiro atoms. The molecule has 0 saturated heterocycles. The van der Waals surface area contributed by atoms with Crippen molar-refractivity contribution < 1.29 is 4.79 Å². The van der Waals surface area contributed by atoms with Crippen LogP contribution in [-0.2, 0) is 0 Å². The first-order valence-corrected chi connectivity index (χ1v) is 5.41. The molecule has 0 fully saturated rings. The van der Waals surface area contributed by atoms with E-state index in [0.717, 1.165) is 5.56 Å². The molecule has 16 heavy (non-hydrogen) atoms. The van der Waals surface area contributed by atoms with Crippen LogP contribution in [0.25, 0.3) is 0 Å². The molecule has 1 aromatic carbocycles. The Balaban J connectivity index is 2.65. The Morgan fingerprint density at radius 1 is 1.56 bits per heavy atom. The third-order valence-corrected chi connectivity index (χ3v) is 2.57. The van der Waals surface area contributed by atoms with Gasteiger partial charge in [0, 0.05) is 19.3 Å². The molecule has 0 saturated carbocycles. The van der Waals surface area contributed by atoms with Gasteiger partial charge in [-0.05, 0) is 31.5 Å². The van der Waals surface area contributed by atoms with Gasteiger partial charge < -0.3 is 16.0 Å². The zero-order chi connectivity index (χ0) is 12.1. The highest BCUT2D eigenvalue weighted by Gasteiger charge is 2.11. The van der Waals surface area contributed by atoms with Gasteiger partial charge in [0.05, 0.1) is 6.04 Å². The topological polar surface area (TPSA) is 58.4 Å². The number of carbonyl (C=O) groups excluding carboxylic acids is 1. The third kappa shape index (κ3) is 3.15. The van der Waals surface area contributed by atoms with Crippen molar-refractivity contribution in [2.45, 2.75) is 19.9 Å². The number of amides is 2. The summed E-state index contributed by atoms with van der Waals surface area (Å²) >= 11 is 0. The summed E-state index contributed by atoms with van der Waals surface area (Å²) in [5.41, 5.74) is 7.41. The summed E-state index contributed by atoms with van der Waals surface area (Å²) in [5.74, 6) is 0. The predicted molar refractivity (Wildman–Crippen MR) is 66.1 cm³/mol. The molecule has 4 heteroatoms. The minimum absolute atomic E-state index is 0.0370. The quantitative estimate of drug-likeness (QED) is 0.767. The summed E-state index contributed by atoms with van der Waals surface area (Å²) in [6.07, 6.45) is 0. The highest BCUT2D eigenvalue weighted by molar-refractivity contribution is 5.74. The fraction of sp³-hybridized carbons (Fsp3) is 0.417. The average molecular weight is 221 g/mol. The van der Waals surface area contributed by atoms with Crippen LogP contribution in [0, 0.1) is 0 Å². The first kappa shape index (κ1) is 12.4. The minimum atomic E-state index is -0.0718. The Morgan fingerprint density at radius 3 is 2.81 bits per heavy atom. The van der Waals surface area contributed by atoms with Crippen LogP contribution in [0.15, 0.2) is 24.3 Å². The molecule has 1 aromatic rings. The lowest BCUT2D eigenvalue weighted by molar-refractivity contribution is 0.208. The van der Waals surface area contributed by atoms with Crippen LogP contribution in [0.2, 0.25) is 0 Å². The van der Waals surface area contributed by atoms with E-state index in [1.54, 1.807) is 11.9 Å². The number of carbonyl (C=O) groups is 1. The predicted octanol–water partition coefficient (Wildman–Crippen LogP) is 1.99. The Labute approximate surface area is 96.4 Å². The zero-order valence-electron chi connectivity index (χ0n) is 10.0. The van der Waals surface area contributed by atoms with Crippen molar-refractivity contribution in [1.29, 1.82) is 0 Å². The van der Waals surface area contributed by atoms with E-state index in [2.05, 4.69) is 5.32 Å². The van der Waals surface area contributed by atoms with E-state index in [-0.39, 0.29) is 12.1 Å². The van der Waals surface area contributed by atoms with E-state index in [0.29, 0.717) is 12.2 Å². The lowest BCUT2D eigenvalue weighted by atomic mass is 10.1. The second-order valence-electron chi connectivity index (χ2n) is 3.86. The number of nitrogens with one attached hydrogen (secondary N) is 1. The summed E-state index contributed by atoms with van der Waals surface area (Å²) in [5, 5.41) is 2.91. The molecule has 4 nitrogen and oxygen atoms in total. The van der Waals surface area contributed by atoms with E-state index in [4.69, 9.17) is 5.73 Å². The molecule has 0 radical (unpaired) electrons. The largest absolute Gasteiger partial charge is 0.399 e. The van der Waals surface area contributed by atoms with Gasteiger partial charge in [-0.2, -0.15) is 0 Å². The van der Waals surface area contributed by atoms with Crippen molar-refractivity contribution in [2.24, 2.45) is 0 Å². The number of benzene rings is 1. The molecule has 0 aromatic heterocycles. The number of nitrogens with two attached hydrogens (primary N) is 1. The molecule has 0 aliphatic heterocycles. The molecule has 2 amide bonds. The fourth-order valence-electron chi connectivity index (χ4n) is 1.35. The fourth-order valence-corrected chi connectivity index (χ4v) is 1.35. The number of hydrogen-bond donors (Lipinski definition) is 2. The number of urea groups is 1.